The van der Waals surface area contributed by atoms with E-state index in [1.54, 1.807) is 0 Å². The van der Waals surface area contributed by atoms with E-state index in [1.807, 2.05) is 69.2 Å². The molecule has 2 rings (SSSR count). The van der Waals surface area contributed by atoms with Gasteiger partial charge in [-0.2, -0.15) is 0 Å². The predicted molar refractivity (Wildman–Crippen MR) is 160 cm³/mol. The summed E-state index contributed by atoms with van der Waals surface area (Å²) in [5.74, 6) is 0. The van der Waals surface area contributed by atoms with Crippen LogP contribution in [-0.4, -0.2) is 30.1 Å². The van der Waals surface area contributed by atoms with Crippen molar-refractivity contribution in [3.05, 3.63) is 35.4 Å². The molecule has 0 bridgehead atoms. The summed E-state index contributed by atoms with van der Waals surface area (Å²) in [6, 6.07) is 8.71. The zero-order valence-corrected chi connectivity index (χ0v) is 26.9. The number of likely N-dealkylation sites (tertiary alicyclic amines) is 1. The molecule has 1 fully saturated rings. The maximum Gasteiger partial charge on any atom is 0.0875 e. The first-order valence-corrected chi connectivity index (χ1v) is 14.6. The molecule has 0 N–H and O–H groups in total. The molecule has 1 aliphatic heterocycles. The SMILES string of the molecule is CC.CC.CC.CC.CC.CCC1(CC)CN(C(C)(C)CCOC(C)(C)c2ccc(C)cc2)C1. The Bertz CT molecular complexity index is 518. The maximum absolute atomic E-state index is 6.29. The largest absolute Gasteiger partial charge is 0.371 e. The van der Waals surface area contributed by atoms with E-state index in [0.29, 0.717) is 5.41 Å². The van der Waals surface area contributed by atoms with Crippen molar-refractivity contribution in [2.75, 3.05) is 19.7 Å². The van der Waals surface area contributed by atoms with Gasteiger partial charge in [-0.05, 0) is 64.9 Å². The first-order chi connectivity index (χ1) is 16.1. The van der Waals surface area contributed by atoms with Crippen LogP contribution in [0.2, 0.25) is 0 Å². The Hall–Kier alpha value is -0.860. The second-order valence-electron chi connectivity index (χ2n) is 8.85. The van der Waals surface area contributed by atoms with Gasteiger partial charge in [-0.15, -0.1) is 0 Å². The topological polar surface area (TPSA) is 12.5 Å². The minimum absolute atomic E-state index is 0.219. The molecule has 1 aliphatic rings. The molecule has 206 valence electrons. The molecule has 0 radical (unpaired) electrons. The van der Waals surface area contributed by atoms with Crippen LogP contribution in [-0.2, 0) is 10.3 Å². The molecule has 0 atom stereocenters. The molecule has 1 saturated heterocycles. The summed E-state index contributed by atoms with van der Waals surface area (Å²) in [5.41, 5.74) is 3.11. The third-order valence-electron chi connectivity index (χ3n) is 6.33. The molecule has 1 heterocycles. The molecule has 0 unspecified atom stereocenters. The van der Waals surface area contributed by atoms with Gasteiger partial charge in [-0.25, -0.2) is 0 Å². The second kappa shape index (κ2) is 22.6. The van der Waals surface area contributed by atoms with Gasteiger partial charge < -0.3 is 4.74 Å². The molecule has 34 heavy (non-hydrogen) atoms. The normalized spacial score (nSPS) is 13.9. The molecule has 2 heteroatoms. The minimum Gasteiger partial charge on any atom is -0.371 e. The molecular formula is C32H67NO. The summed E-state index contributed by atoms with van der Waals surface area (Å²) in [5, 5.41) is 0. The average molecular weight is 482 g/mol. The van der Waals surface area contributed by atoms with E-state index in [2.05, 4.69) is 77.6 Å². The standard InChI is InChI=1S/C22H37NO.5C2H6/c1-8-22(9-2)16-23(17-22)20(4,5)14-15-24-21(6,7)19-12-10-18(3)11-13-19;5*1-2/h10-13H,8-9,14-17H2,1-7H3;5*1-2H3. The highest BCUT2D eigenvalue weighted by Crippen LogP contribution is 2.42. The maximum atomic E-state index is 6.29. The van der Waals surface area contributed by atoms with Crippen molar-refractivity contribution in [3.8, 4) is 0 Å². The van der Waals surface area contributed by atoms with E-state index in [-0.39, 0.29) is 11.1 Å². The summed E-state index contributed by atoms with van der Waals surface area (Å²) < 4.78 is 6.29. The molecule has 0 saturated carbocycles. The molecule has 0 aliphatic carbocycles. The van der Waals surface area contributed by atoms with Crippen LogP contribution in [0.1, 0.15) is 141 Å². The smallest absolute Gasteiger partial charge is 0.0875 e. The van der Waals surface area contributed by atoms with Crippen molar-refractivity contribution < 1.29 is 4.74 Å². The lowest BCUT2D eigenvalue weighted by atomic mass is 9.72. The molecule has 0 amide bonds. The Morgan fingerprint density at radius 1 is 0.735 bits per heavy atom. The zero-order valence-electron chi connectivity index (χ0n) is 26.9. The van der Waals surface area contributed by atoms with Crippen molar-refractivity contribution in [1.29, 1.82) is 0 Å². The number of hydrogen-bond acceptors (Lipinski definition) is 2. The Morgan fingerprint density at radius 2 is 1.12 bits per heavy atom. The minimum atomic E-state index is -0.227. The zero-order chi connectivity index (χ0) is 28.0. The van der Waals surface area contributed by atoms with Crippen LogP contribution in [0.15, 0.2) is 24.3 Å². The van der Waals surface area contributed by atoms with Gasteiger partial charge >= 0.3 is 0 Å². The van der Waals surface area contributed by atoms with Gasteiger partial charge in [0.25, 0.3) is 0 Å². The fourth-order valence-corrected chi connectivity index (χ4v) is 3.64. The molecular weight excluding hydrogens is 414 g/mol. The number of ether oxygens (including phenoxy) is 1. The highest BCUT2D eigenvalue weighted by atomic mass is 16.5. The lowest BCUT2D eigenvalue weighted by Crippen LogP contribution is -2.63. The average Bonchev–Trinajstić information content (AvgIpc) is 2.85. The van der Waals surface area contributed by atoms with E-state index >= 15 is 0 Å². The molecule has 1 aromatic carbocycles. The Labute approximate surface area is 218 Å². The van der Waals surface area contributed by atoms with Crippen LogP contribution in [0, 0.1) is 12.3 Å². The number of nitrogens with zero attached hydrogens (tertiary/aromatic N) is 1. The van der Waals surface area contributed by atoms with Crippen LogP contribution < -0.4 is 0 Å². The van der Waals surface area contributed by atoms with Gasteiger partial charge in [0, 0.05) is 25.2 Å². The molecule has 0 aromatic heterocycles. The molecule has 1 aromatic rings. The highest BCUT2D eigenvalue weighted by Gasteiger charge is 2.45. The van der Waals surface area contributed by atoms with Gasteiger partial charge in [0.1, 0.15) is 0 Å². The second-order valence-corrected chi connectivity index (χ2v) is 8.85. The van der Waals surface area contributed by atoms with Crippen LogP contribution >= 0.6 is 0 Å². The third kappa shape index (κ3) is 13.9. The summed E-state index contributed by atoms with van der Waals surface area (Å²) >= 11 is 0. The number of hydrogen-bond donors (Lipinski definition) is 0. The van der Waals surface area contributed by atoms with Crippen molar-refractivity contribution in [1.82, 2.24) is 4.90 Å². The lowest BCUT2D eigenvalue weighted by molar-refractivity contribution is -0.0928. The van der Waals surface area contributed by atoms with E-state index < -0.39 is 0 Å². The van der Waals surface area contributed by atoms with E-state index in [1.165, 1.54) is 37.1 Å². The van der Waals surface area contributed by atoms with Crippen molar-refractivity contribution in [3.63, 3.8) is 0 Å². The summed E-state index contributed by atoms with van der Waals surface area (Å²) in [6.07, 6.45) is 3.67. The predicted octanol–water partition coefficient (Wildman–Crippen LogP) is 10.7. The van der Waals surface area contributed by atoms with Gasteiger partial charge in [0.2, 0.25) is 0 Å². The van der Waals surface area contributed by atoms with Crippen LogP contribution in [0.4, 0.5) is 0 Å². The van der Waals surface area contributed by atoms with Gasteiger partial charge in [0.05, 0.1) is 5.60 Å². The van der Waals surface area contributed by atoms with E-state index in [4.69, 9.17) is 4.74 Å². The van der Waals surface area contributed by atoms with Crippen molar-refractivity contribution in [2.24, 2.45) is 5.41 Å². The number of benzene rings is 1. The third-order valence-corrected chi connectivity index (χ3v) is 6.33. The number of rotatable bonds is 8. The van der Waals surface area contributed by atoms with Gasteiger partial charge in [-0.1, -0.05) is 113 Å². The van der Waals surface area contributed by atoms with Crippen molar-refractivity contribution >= 4 is 0 Å². The molecule has 0 spiro atoms. The van der Waals surface area contributed by atoms with Crippen molar-refractivity contribution in [2.45, 2.75) is 148 Å². The Balaban J connectivity index is -0.000000398. The highest BCUT2D eigenvalue weighted by molar-refractivity contribution is 5.25. The quantitative estimate of drug-likeness (QED) is 0.366. The fraction of sp³-hybridized carbons (Fsp3) is 0.812. The monoisotopic (exact) mass is 482 g/mol. The molecule has 2 nitrogen and oxygen atoms in total. The number of aryl methyl sites for hydroxylation is 1. The van der Waals surface area contributed by atoms with Gasteiger partial charge in [0.15, 0.2) is 0 Å². The van der Waals surface area contributed by atoms with Crippen LogP contribution in [0.3, 0.4) is 0 Å². The van der Waals surface area contributed by atoms with E-state index in [9.17, 15) is 0 Å². The van der Waals surface area contributed by atoms with Crippen LogP contribution in [0.25, 0.3) is 0 Å². The summed E-state index contributed by atoms with van der Waals surface area (Å²) in [6.45, 7) is 39.2. The lowest BCUT2D eigenvalue weighted by Gasteiger charge is -2.56. The van der Waals surface area contributed by atoms with E-state index in [0.717, 1.165) is 13.0 Å². The van der Waals surface area contributed by atoms with Crippen LogP contribution in [0.5, 0.6) is 0 Å². The first kappa shape index (κ1) is 40.3. The van der Waals surface area contributed by atoms with Gasteiger partial charge in [-0.3, -0.25) is 4.90 Å². The Morgan fingerprint density at radius 3 is 1.47 bits per heavy atom. The summed E-state index contributed by atoms with van der Waals surface area (Å²) in [4.78, 5) is 2.64. The first-order valence-electron chi connectivity index (χ1n) is 14.6. The Kier molecular flexibility index (Phi) is 26.8. The summed E-state index contributed by atoms with van der Waals surface area (Å²) in [7, 11) is 0. The fourth-order valence-electron chi connectivity index (χ4n) is 3.64.